The molecule has 2 aromatic rings. The van der Waals surface area contributed by atoms with Crippen LogP contribution in [0.25, 0.3) is 0 Å². The lowest BCUT2D eigenvalue weighted by molar-refractivity contribution is -0.120. The van der Waals surface area contributed by atoms with Gasteiger partial charge in [0.25, 0.3) is 0 Å². The van der Waals surface area contributed by atoms with Crippen molar-refractivity contribution in [1.82, 2.24) is 9.88 Å². The summed E-state index contributed by atoms with van der Waals surface area (Å²) in [5.41, 5.74) is 3.41. The first kappa shape index (κ1) is 12.4. The number of amides is 1. The van der Waals surface area contributed by atoms with E-state index < -0.39 is 0 Å². The van der Waals surface area contributed by atoms with Gasteiger partial charge in [-0.15, -0.1) is 0 Å². The second-order valence-electron chi connectivity index (χ2n) is 4.57. The van der Waals surface area contributed by atoms with Gasteiger partial charge >= 0.3 is 0 Å². The van der Waals surface area contributed by atoms with Crippen LogP contribution in [0, 0.1) is 6.92 Å². The molecule has 2 rings (SSSR count). The lowest BCUT2D eigenvalue weighted by atomic mass is 10.1. The fourth-order valence-electron chi connectivity index (χ4n) is 1.92. The van der Waals surface area contributed by atoms with Gasteiger partial charge in [-0.05, 0) is 29.7 Å². The summed E-state index contributed by atoms with van der Waals surface area (Å²) in [4.78, 5) is 11.8. The number of aromatic nitrogens is 1. The molecule has 0 unspecified atom stereocenters. The summed E-state index contributed by atoms with van der Waals surface area (Å²) in [6, 6.07) is 10.1. The lowest BCUT2D eigenvalue weighted by Gasteiger charge is -2.07. The van der Waals surface area contributed by atoms with E-state index in [4.69, 9.17) is 0 Å². The number of hydrogen-bond donors (Lipinski definition) is 1. The number of carbonyl (C=O) groups is 1. The molecule has 1 N–H and O–H groups in total. The molecule has 3 heteroatoms. The average Bonchev–Trinajstić information content (AvgIpc) is 2.74. The third-order valence-electron chi connectivity index (χ3n) is 3.00. The number of aryl methyl sites for hydroxylation is 2. The Morgan fingerprint density at radius 2 is 2.06 bits per heavy atom. The Balaban J connectivity index is 1.87. The van der Waals surface area contributed by atoms with E-state index >= 15 is 0 Å². The molecule has 0 aliphatic carbocycles. The summed E-state index contributed by atoms with van der Waals surface area (Å²) in [6.07, 6.45) is 4.35. The van der Waals surface area contributed by atoms with E-state index in [2.05, 4.69) is 18.3 Å². The van der Waals surface area contributed by atoms with Crippen LogP contribution in [0.5, 0.6) is 0 Å². The van der Waals surface area contributed by atoms with Crippen LogP contribution >= 0.6 is 0 Å². The molecule has 1 aromatic heterocycles. The van der Waals surface area contributed by atoms with Gasteiger partial charge in [0, 0.05) is 26.0 Å². The van der Waals surface area contributed by atoms with Crippen molar-refractivity contribution in [3.8, 4) is 0 Å². The molecule has 94 valence electrons. The highest BCUT2D eigenvalue weighted by atomic mass is 16.1. The van der Waals surface area contributed by atoms with Gasteiger partial charge in [0.15, 0.2) is 0 Å². The van der Waals surface area contributed by atoms with Crippen LogP contribution in [0.4, 0.5) is 0 Å². The SMILES string of the molecule is Cc1ccccc1CNC(=O)Cc1ccn(C)c1. The van der Waals surface area contributed by atoms with Gasteiger partial charge in [0.05, 0.1) is 6.42 Å². The maximum absolute atomic E-state index is 11.8. The molecule has 0 fully saturated rings. The molecular weight excluding hydrogens is 224 g/mol. The van der Waals surface area contributed by atoms with Crippen LogP contribution in [0.1, 0.15) is 16.7 Å². The normalized spacial score (nSPS) is 10.3. The zero-order valence-electron chi connectivity index (χ0n) is 10.8. The number of carbonyl (C=O) groups excluding carboxylic acids is 1. The Labute approximate surface area is 107 Å². The van der Waals surface area contributed by atoms with Gasteiger partial charge in [0.2, 0.25) is 5.91 Å². The minimum Gasteiger partial charge on any atom is -0.357 e. The summed E-state index contributed by atoms with van der Waals surface area (Å²) in [7, 11) is 1.95. The summed E-state index contributed by atoms with van der Waals surface area (Å²) in [5.74, 6) is 0.0597. The van der Waals surface area contributed by atoms with Crippen LogP contribution in [-0.4, -0.2) is 10.5 Å². The standard InChI is InChI=1S/C15H18N2O/c1-12-5-3-4-6-14(12)10-16-15(18)9-13-7-8-17(2)11-13/h3-8,11H,9-10H2,1-2H3,(H,16,18). The van der Waals surface area contributed by atoms with E-state index in [0.29, 0.717) is 13.0 Å². The predicted molar refractivity (Wildman–Crippen MR) is 72.1 cm³/mol. The minimum atomic E-state index is 0.0597. The molecule has 0 aliphatic heterocycles. The molecule has 0 saturated carbocycles. The maximum Gasteiger partial charge on any atom is 0.224 e. The van der Waals surface area contributed by atoms with Crippen molar-refractivity contribution < 1.29 is 4.79 Å². The van der Waals surface area contributed by atoms with Gasteiger partial charge in [-0.25, -0.2) is 0 Å². The Morgan fingerprint density at radius 1 is 1.28 bits per heavy atom. The van der Waals surface area contributed by atoms with Crippen molar-refractivity contribution in [2.45, 2.75) is 19.9 Å². The first-order valence-electron chi connectivity index (χ1n) is 6.07. The fraction of sp³-hybridized carbons (Fsp3) is 0.267. The maximum atomic E-state index is 11.8. The molecule has 0 bridgehead atoms. The van der Waals surface area contributed by atoms with Crippen molar-refractivity contribution in [2.24, 2.45) is 7.05 Å². The Bertz CT molecular complexity index is 543. The highest BCUT2D eigenvalue weighted by Gasteiger charge is 2.05. The molecular formula is C15H18N2O. The van der Waals surface area contributed by atoms with E-state index in [-0.39, 0.29) is 5.91 Å². The van der Waals surface area contributed by atoms with Gasteiger partial charge in [-0.1, -0.05) is 24.3 Å². The number of rotatable bonds is 4. The van der Waals surface area contributed by atoms with Crippen LogP contribution in [-0.2, 0) is 24.8 Å². The Kier molecular flexibility index (Phi) is 3.82. The van der Waals surface area contributed by atoms with Crippen LogP contribution in [0.3, 0.4) is 0 Å². The number of nitrogens with zero attached hydrogens (tertiary/aromatic N) is 1. The zero-order valence-corrected chi connectivity index (χ0v) is 10.8. The summed E-state index contributed by atoms with van der Waals surface area (Å²) < 4.78 is 1.95. The zero-order chi connectivity index (χ0) is 13.0. The highest BCUT2D eigenvalue weighted by molar-refractivity contribution is 5.78. The van der Waals surface area contributed by atoms with Crippen molar-refractivity contribution in [2.75, 3.05) is 0 Å². The largest absolute Gasteiger partial charge is 0.357 e. The monoisotopic (exact) mass is 242 g/mol. The fourth-order valence-corrected chi connectivity index (χ4v) is 1.92. The lowest BCUT2D eigenvalue weighted by Crippen LogP contribution is -2.24. The van der Waals surface area contributed by atoms with Crippen molar-refractivity contribution in [1.29, 1.82) is 0 Å². The first-order chi connectivity index (χ1) is 8.65. The Morgan fingerprint density at radius 3 is 2.72 bits per heavy atom. The van der Waals surface area contributed by atoms with Gasteiger partial charge in [-0.2, -0.15) is 0 Å². The second kappa shape index (κ2) is 5.54. The quantitative estimate of drug-likeness (QED) is 0.876. The third kappa shape index (κ3) is 3.23. The highest BCUT2D eigenvalue weighted by Crippen LogP contribution is 2.06. The van der Waals surface area contributed by atoms with Gasteiger partial charge in [0.1, 0.15) is 0 Å². The predicted octanol–water partition coefficient (Wildman–Crippen LogP) is 2.19. The first-order valence-corrected chi connectivity index (χ1v) is 6.07. The summed E-state index contributed by atoms with van der Waals surface area (Å²) in [6.45, 7) is 2.65. The van der Waals surface area contributed by atoms with Crippen LogP contribution in [0.15, 0.2) is 42.7 Å². The molecule has 3 nitrogen and oxygen atoms in total. The van der Waals surface area contributed by atoms with Gasteiger partial charge in [-0.3, -0.25) is 4.79 Å². The topological polar surface area (TPSA) is 34.0 Å². The third-order valence-corrected chi connectivity index (χ3v) is 3.00. The molecule has 1 aromatic carbocycles. The molecule has 0 aliphatic rings. The molecule has 1 heterocycles. The van der Waals surface area contributed by atoms with Crippen molar-refractivity contribution in [3.05, 3.63) is 59.4 Å². The molecule has 0 saturated heterocycles. The average molecular weight is 242 g/mol. The summed E-state index contributed by atoms with van der Waals surface area (Å²) >= 11 is 0. The summed E-state index contributed by atoms with van der Waals surface area (Å²) in [5, 5.41) is 2.95. The van der Waals surface area contributed by atoms with E-state index in [0.717, 1.165) is 5.56 Å². The number of hydrogen-bond acceptors (Lipinski definition) is 1. The molecule has 0 atom stereocenters. The van der Waals surface area contributed by atoms with Crippen LogP contribution in [0.2, 0.25) is 0 Å². The Hall–Kier alpha value is -2.03. The van der Waals surface area contributed by atoms with E-state index in [9.17, 15) is 4.79 Å². The van der Waals surface area contributed by atoms with E-state index in [1.54, 1.807) is 0 Å². The van der Waals surface area contributed by atoms with E-state index in [1.165, 1.54) is 11.1 Å². The molecule has 18 heavy (non-hydrogen) atoms. The number of benzene rings is 1. The smallest absolute Gasteiger partial charge is 0.224 e. The van der Waals surface area contributed by atoms with Crippen molar-refractivity contribution >= 4 is 5.91 Å². The van der Waals surface area contributed by atoms with Gasteiger partial charge < -0.3 is 9.88 Å². The minimum absolute atomic E-state index is 0.0597. The molecule has 0 spiro atoms. The molecule has 0 radical (unpaired) electrons. The van der Waals surface area contributed by atoms with E-state index in [1.807, 2.05) is 48.3 Å². The molecule has 1 amide bonds. The van der Waals surface area contributed by atoms with Crippen molar-refractivity contribution in [3.63, 3.8) is 0 Å². The van der Waals surface area contributed by atoms with Crippen LogP contribution < -0.4 is 5.32 Å². The number of nitrogens with one attached hydrogen (secondary N) is 1. The second-order valence-corrected chi connectivity index (χ2v) is 4.57.